The van der Waals surface area contributed by atoms with Crippen molar-refractivity contribution < 1.29 is 4.79 Å². The summed E-state index contributed by atoms with van der Waals surface area (Å²) in [5, 5.41) is 2.01. The van der Waals surface area contributed by atoms with E-state index in [1.165, 1.54) is 25.0 Å². The van der Waals surface area contributed by atoms with Gasteiger partial charge in [-0.15, -0.1) is 11.8 Å². The molecule has 0 N–H and O–H groups in total. The fraction of sp³-hybridized carbons (Fsp3) is 0.667. The first kappa shape index (κ1) is 9.65. The third-order valence-electron chi connectivity index (χ3n) is 1.91. The highest BCUT2D eigenvalue weighted by Crippen LogP contribution is 2.11. The number of carbonyl (C=O) groups is 1. The van der Waals surface area contributed by atoms with E-state index in [2.05, 4.69) is 0 Å². The van der Waals surface area contributed by atoms with E-state index in [1.807, 2.05) is 11.6 Å². The Hall–Kier alpha value is -0.440. The van der Waals surface area contributed by atoms with Crippen molar-refractivity contribution in [3.8, 4) is 0 Å². The molecule has 0 saturated carbocycles. The molecule has 0 unspecified atom stereocenters. The first-order chi connectivity index (χ1) is 5.93. The second kappa shape index (κ2) is 6.12. The molecule has 68 valence electrons. The molecule has 0 aromatic carbocycles. The van der Waals surface area contributed by atoms with Crippen molar-refractivity contribution in [1.29, 1.82) is 0 Å². The predicted molar refractivity (Wildman–Crippen MR) is 52.8 cm³/mol. The maximum Gasteiger partial charge on any atom is 0.213 e. The summed E-state index contributed by atoms with van der Waals surface area (Å²) >= 11 is 1.79. The average Bonchev–Trinajstić information content (AvgIpc) is 2.14. The summed E-state index contributed by atoms with van der Waals surface area (Å²) in [4.78, 5) is 12.2. The van der Waals surface area contributed by atoms with E-state index >= 15 is 0 Å². The number of amides is 1. The van der Waals surface area contributed by atoms with Gasteiger partial charge in [-0.25, -0.2) is 0 Å². The molecule has 2 nitrogen and oxygen atoms in total. The molecular weight excluding hydrogens is 170 g/mol. The molecule has 0 radical (unpaired) electrons. The van der Waals surface area contributed by atoms with Crippen molar-refractivity contribution in [3.63, 3.8) is 0 Å². The van der Waals surface area contributed by atoms with Crippen molar-refractivity contribution in [2.45, 2.75) is 25.7 Å². The van der Waals surface area contributed by atoms with E-state index in [9.17, 15) is 4.79 Å². The molecule has 1 aliphatic rings. The summed E-state index contributed by atoms with van der Waals surface area (Å²) in [6.07, 6.45) is 7.76. The van der Waals surface area contributed by atoms with Gasteiger partial charge in [0.2, 0.25) is 6.41 Å². The zero-order valence-electron chi connectivity index (χ0n) is 7.24. The second-order valence-corrected chi connectivity index (χ2v) is 3.93. The normalized spacial score (nSPS) is 23.2. The van der Waals surface area contributed by atoms with Crippen LogP contribution in [0.2, 0.25) is 0 Å². The van der Waals surface area contributed by atoms with Crippen molar-refractivity contribution in [1.82, 2.24) is 4.90 Å². The van der Waals surface area contributed by atoms with Gasteiger partial charge in [-0.1, -0.05) is 12.8 Å². The molecule has 0 aromatic heterocycles. The Kier molecular flexibility index (Phi) is 4.92. The molecule has 1 aliphatic heterocycles. The SMILES string of the molecule is O=CN1/C=C/SCCCCCC1. The van der Waals surface area contributed by atoms with Crippen LogP contribution < -0.4 is 0 Å². The fourth-order valence-electron chi connectivity index (χ4n) is 1.18. The van der Waals surface area contributed by atoms with Gasteiger partial charge < -0.3 is 4.90 Å². The molecule has 1 heterocycles. The Morgan fingerprint density at radius 1 is 1.25 bits per heavy atom. The molecule has 0 aliphatic carbocycles. The average molecular weight is 185 g/mol. The van der Waals surface area contributed by atoms with Gasteiger partial charge in [0.1, 0.15) is 0 Å². The molecule has 0 atom stereocenters. The van der Waals surface area contributed by atoms with Crippen LogP contribution in [0.4, 0.5) is 0 Å². The lowest BCUT2D eigenvalue weighted by atomic mass is 10.2. The van der Waals surface area contributed by atoms with E-state index in [0.717, 1.165) is 19.4 Å². The molecule has 0 bridgehead atoms. The zero-order valence-corrected chi connectivity index (χ0v) is 8.05. The highest BCUT2D eigenvalue weighted by Gasteiger charge is 1.98. The highest BCUT2D eigenvalue weighted by molar-refractivity contribution is 8.02. The van der Waals surface area contributed by atoms with Crippen molar-refractivity contribution in [3.05, 3.63) is 11.6 Å². The van der Waals surface area contributed by atoms with Gasteiger partial charge in [-0.2, -0.15) is 0 Å². The number of thioether (sulfide) groups is 1. The molecular formula is C9H15NOS. The number of hydrogen-bond donors (Lipinski definition) is 0. The van der Waals surface area contributed by atoms with Gasteiger partial charge in [0.25, 0.3) is 0 Å². The fourth-order valence-corrected chi connectivity index (χ4v) is 1.93. The van der Waals surface area contributed by atoms with Gasteiger partial charge in [0, 0.05) is 12.7 Å². The number of rotatable bonds is 1. The molecule has 1 amide bonds. The monoisotopic (exact) mass is 185 g/mol. The van der Waals surface area contributed by atoms with Gasteiger partial charge in [-0.3, -0.25) is 4.79 Å². The Morgan fingerprint density at radius 2 is 2.08 bits per heavy atom. The van der Waals surface area contributed by atoms with Crippen LogP contribution in [0.25, 0.3) is 0 Å². The Morgan fingerprint density at radius 3 is 2.92 bits per heavy atom. The van der Waals surface area contributed by atoms with Gasteiger partial charge >= 0.3 is 0 Å². The maximum atomic E-state index is 10.5. The minimum absolute atomic E-state index is 0.876. The predicted octanol–water partition coefficient (Wildman–Crippen LogP) is 2.22. The van der Waals surface area contributed by atoms with Crippen molar-refractivity contribution in [2.24, 2.45) is 0 Å². The van der Waals surface area contributed by atoms with Crippen LogP contribution in [0, 0.1) is 0 Å². The number of hydrogen-bond acceptors (Lipinski definition) is 2. The maximum absolute atomic E-state index is 10.5. The smallest absolute Gasteiger partial charge is 0.213 e. The molecule has 1 rings (SSSR count). The molecule has 0 spiro atoms. The Bertz CT molecular complexity index is 159. The lowest BCUT2D eigenvalue weighted by molar-refractivity contribution is -0.115. The minimum atomic E-state index is 0.876. The first-order valence-corrected chi connectivity index (χ1v) is 5.47. The molecule has 3 heteroatoms. The summed E-state index contributed by atoms with van der Waals surface area (Å²) in [5.41, 5.74) is 0. The van der Waals surface area contributed by atoms with E-state index < -0.39 is 0 Å². The Balaban J connectivity index is 2.35. The van der Waals surface area contributed by atoms with Gasteiger partial charge in [0.05, 0.1) is 0 Å². The van der Waals surface area contributed by atoms with E-state index in [-0.39, 0.29) is 0 Å². The quantitative estimate of drug-likeness (QED) is 0.584. The van der Waals surface area contributed by atoms with Crippen LogP contribution in [0.1, 0.15) is 25.7 Å². The van der Waals surface area contributed by atoms with Crippen molar-refractivity contribution >= 4 is 18.2 Å². The number of carbonyl (C=O) groups excluding carboxylic acids is 1. The summed E-state index contributed by atoms with van der Waals surface area (Å²) in [7, 11) is 0. The van der Waals surface area contributed by atoms with E-state index in [4.69, 9.17) is 0 Å². The Labute approximate surface area is 78.0 Å². The van der Waals surface area contributed by atoms with Crippen LogP contribution >= 0.6 is 11.8 Å². The summed E-state index contributed by atoms with van der Waals surface area (Å²) in [5.74, 6) is 1.18. The van der Waals surface area contributed by atoms with Crippen LogP contribution in [0.15, 0.2) is 11.6 Å². The van der Waals surface area contributed by atoms with Crippen LogP contribution in [0.3, 0.4) is 0 Å². The standard InChI is InChI=1S/C9H15NOS/c11-9-10-5-3-1-2-4-7-12-8-6-10/h6,8-9H,1-5,7H2/b8-6+. The van der Waals surface area contributed by atoms with Gasteiger partial charge in [-0.05, 0) is 24.0 Å². The third-order valence-corrected chi connectivity index (χ3v) is 2.75. The highest BCUT2D eigenvalue weighted by atomic mass is 32.2. The van der Waals surface area contributed by atoms with Crippen LogP contribution in [-0.2, 0) is 4.79 Å². The summed E-state index contributed by atoms with van der Waals surface area (Å²) in [6.45, 7) is 0.876. The molecule has 0 saturated heterocycles. The van der Waals surface area contributed by atoms with Crippen molar-refractivity contribution in [2.75, 3.05) is 12.3 Å². The largest absolute Gasteiger partial charge is 0.321 e. The number of nitrogens with zero attached hydrogens (tertiary/aromatic N) is 1. The molecule has 0 fully saturated rings. The summed E-state index contributed by atoms with van der Waals surface area (Å²) < 4.78 is 0. The second-order valence-electron chi connectivity index (χ2n) is 2.91. The lowest BCUT2D eigenvalue weighted by Gasteiger charge is -2.12. The topological polar surface area (TPSA) is 20.3 Å². The molecule has 12 heavy (non-hydrogen) atoms. The lowest BCUT2D eigenvalue weighted by Crippen LogP contribution is -2.16. The van der Waals surface area contributed by atoms with E-state index in [0.29, 0.717) is 0 Å². The van der Waals surface area contributed by atoms with Crippen LogP contribution in [0.5, 0.6) is 0 Å². The van der Waals surface area contributed by atoms with Gasteiger partial charge in [0.15, 0.2) is 0 Å². The summed E-state index contributed by atoms with van der Waals surface area (Å²) in [6, 6.07) is 0. The minimum Gasteiger partial charge on any atom is -0.321 e. The third kappa shape index (κ3) is 3.81. The molecule has 0 aromatic rings. The first-order valence-electron chi connectivity index (χ1n) is 4.43. The van der Waals surface area contributed by atoms with Crippen LogP contribution in [-0.4, -0.2) is 23.6 Å². The zero-order chi connectivity index (χ0) is 8.65. The van der Waals surface area contributed by atoms with E-state index in [1.54, 1.807) is 16.7 Å².